The summed E-state index contributed by atoms with van der Waals surface area (Å²) in [4.78, 5) is 10.2. The van der Waals surface area contributed by atoms with Crippen LogP contribution in [-0.2, 0) is 4.79 Å². The number of rotatable bonds is 3. The fourth-order valence-electron chi connectivity index (χ4n) is 0.246. The molecule has 0 aromatic rings. The van der Waals surface area contributed by atoms with Gasteiger partial charge in [-0.3, -0.25) is 4.79 Å². The number of Topliss-reactive ketones (excluding diaryl/α,β-unsaturated/α-hetero) is 1. The minimum absolute atomic E-state index is 0.286. The average Bonchev–Trinajstić information content (AvgIpc) is 2.01. The molecule has 13 heavy (non-hydrogen) atoms. The molecule has 0 aromatic carbocycles. The summed E-state index contributed by atoms with van der Waals surface area (Å²) in [5.41, 5.74) is 0.542. The van der Waals surface area contributed by atoms with E-state index in [1.54, 1.807) is 18.7 Å². The van der Waals surface area contributed by atoms with Crippen LogP contribution in [0.2, 0.25) is 0 Å². The molecule has 0 amide bonds. The van der Waals surface area contributed by atoms with Gasteiger partial charge in [0.2, 0.25) is 0 Å². The summed E-state index contributed by atoms with van der Waals surface area (Å²) in [7, 11) is 0. The maximum atomic E-state index is 10.2. The second-order valence-corrected chi connectivity index (χ2v) is 5.34. The average molecular weight is 204 g/mol. The molecule has 0 radical (unpaired) electrons. The summed E-state index contributed by atoms with van der Waals surface area (Å²) >= 11 is 1.71. The Hall–Kier alpha value is 0.0200. The lowest BCUT2D eigenvalue weighted by atomic mass is 9.94. The highest BCUT2D eigenvalue weighted by molar-refractivity contribution is 7.98. The predicted octanol–water partition coefficient (Wildman–Crippen LogP) is 3.77. The third-order valence-electron chi connectivity index (χ3n) is 1.72. The van der Waals surface area contributed by atoms with E-state index in [-0.39, 0.29) is 5.78 Å². The van der Waals surface area contributed by atoms with Crippen molar-refractivity contribution in [2.75, 3.05) is 12.0 Å². The standard InChI is InChI=1S/C6H14.C5H10OS/c1-5-6(2,3)4;1-5(6)3-4-7-2/h5H2,1-4H3;3-4H2,1-2H3. The van der Waals surface area contributed by atoms with Crippen molar-refractivity contribution in [3.05, 3.63) is 0 Å². The van der Waals surface area contributed by atoms with Gasteiger partial charge in [-0.05, 0) is 24.3 Å². The summed E-state index contributed by atoms with van der Waals surface area (Å²) < 4.78 is 0. The molecule has 0 heterocycles. The van der Waals surface area contributed by atoms with Crippen molar-refractivity contribution in [2.45, 2.75) is 47.5 Å². The van der Waals surface area contributed by atoms with Crippen molar-refractivity contribution >= 4 is 17.5 Å². The second kappa shape index (κ2) is 8.61. The van der Waals surface area contributed by atoms with E-state index >= 15 is 0 Å². The summed E-state index contributed by atoms with van der Waals surface area (Å²) in [5, 5.41) is 0. The highest BCUT2D eigenvalue weighted by Crippen LogP contribution is 2.16. The normalized spacial score (nSPS) is 10.3. The second-order valence-electron chi connectivity index (χ2n) is 4.36. The largest absolute Gasteiger partial charge is 0.300 e. The zero-order valence-electron chi connectivity index (χ0n) is 9.94. The van der Waals surface area contributed by atoms with Crippen LogP contribution in [0.25, 0.3) is 0 Å². The monoisotopic (exact) mass is 204 g/mol. The highest BCUT2D eigenvalue weighted by Gasteiger charge is 2.03. The van der Waals surface area contributed by atoms with Crippen LogP contribution >= 0.6 is 11.8 Å². The lowest BCUT2D eigenvalue weighted by Crippen LogP contribution is -2.00. The van der Waals surface area contributed by atoms with Crippen molar-refractivity contribution in [3.8, 4) is 0 Å². The molecule has 2 heteroatoms. The number of carbonyl (C=O) groups is 1. The third-order valence-corrected chi connectivity index (χ3v) is 2.33. The molecule has 0 unspecified atom stereocenters. The molecule has 1 nitrogen and oxygen atoms in total. The van der Waals surface area contributed by atoms with Crippen molar-refractivity contribution < 1.29 is 4.79 Å². The summed E-state index contributed by atoms with van der Waals surface area (Å²) in [6.07, 6.45) is 4.00. The first-order valence-electron chi connectivity index (χ1n) is 4.82. The highest BCUT2D eigenvalue weighted by atomic mass is 32.2. The van der Waals surface area contributed by atoms with Crippen LogP contribution in [0.3, 0.4) is 0 Å². The summed E-state index contributed by atoms with van der Waals surface area (Å²) in [6.45, 7) is 10.6. The van der Waals surface area contributed by atoms with Crippen LogP contribution in [0.15, 0.2) is 0 Å². The third kappa shape index (κ3) is 24.5. The van der Waals surface area contributed by atoms with Gasteiger partial charge >= 0.3 is 0 Å². The van der Waals surface area contributed by atoms with E-state index in [0.717, 1.165) is 12.2 Å². The van der Waals surface area contributed by atoms with Crippen LogP contribution in [0.5, 0.6) is 0 Å². The quantitative estimate of drug-likeness (QED) is 0.696. The first-order valence-corrected chi connectivity index (χ1v) is 6.21. The van der Waals surface area contributed by atoms with Gasteiger partial charge in [-0.15, -0.1) is 0 Å². The molecule has 0 aliphatic rings. The SMILES string of the molecule is CCC(C)(C)C.CSCCC(C)=O. The molecule has 0 saturated heterocycles. The number of ketones is 1. The molecule has 0 bridgehead atoms. The minimum Gasteiger partial charge on any atom is -0.300 e. The molecule has 0 atom stereocenters. The molecular weight excluding hydrogens is 180 g/mol. The molecule has 0 spiro atoms. The first-order chi connectivity index (χ1) is 5.83. The minimum atomic E-state index is 0.286. The number of carbonyl (C=O) groups excluding carboxylic acids is 1. The lowest BCUT2D eigenvalue weighted by Gasteiger charge is -2.12. The van der Waals surface area contributed by atoms with E-state index in [2.05, 4.69) is 27.7 Å². The Morgan fingerprint density at radius 3 is 1.77 bits per heavy atom. The molecule has 80 valence electrons. The first kappa shape index (κ1) is 15.5. The number of hydrogen-bond donors (Lipinski definition) is 0. The van der Waals surface area contributed by atoms with Crippen molar-refractivity contribution in [3.63, 3.8) is 0 Å². The fraction of sp³-hybridized carbons (Fsp3) is 0.909. The van der Waals surface area contributed by atoms with Crippen molar-refractivity contribution in [1.82, 2.24) is 0 Å². The van der Waals surface area contributed by atoms with E-state index in [9.17, 15) is 4.79 Å². The Labute approximate surface area is 87.7 Å². The van der Waals surface area contributed by atoms with Crippen molar-refractivity contribution in [2.24, 2.45) is 5.41 Å². The Morgan fingerprint density at radius 2 is 1.69 bits per heavy atom. The molecule has 0 N–H and O–H groups in total. The topological polar surface area (TPSA) is 17.1 Å². The van der Waals surface area contributed by atoms with Gasteiger partial charge in [-0.25, -0.2) is 0 Å². The smallest absolute Gasteiger partial charge is 0.130 e. The molecule has 0 aromatic heterocycles. The zero-order chi connectivity index (χ0) is 10.9. The molecule has 0 aliphatic heterocycles. The Balaban J connectivity index is 0. The van der Waals surface area contributed by atoms with E-state index in [1.807, 2.05) is 6.26 Å². The van der Waals surface area contributed by atoms with Gasteiger partial charge in [0.15, 0.2) is 0 Å². The van der Waals surface area contributed by atoms with Gasteiger partial charge in [-0.2, -0.15) is 11.8 Å². The van der Waals surface area contributed by atoms with E-state index in [4.69, 9.17) is 0 Å². The maximum Gasteiger partial charge on any atom is 0.130 e. The van der Waals surface area contributed by atoms with Crippen LogP contribution in [0.4, 0.5) is 0 Å². The summed E-state index contributed by atoms with van der Waals surface area (Å²) in [5.74, 6) is 1.25. The van der Waals surface area contributed by atoms with Gasteiger partial charge in [0.05, 0.1) is 0 Å². The fourth-order valence-corrected chi connectivity index (χ4v) is 0.737. The maximum absolute atomic E-state index is 10.2. The van der Waals surface area contributed by atoms with Crippen LogP contribution < -0.4 is 0 Å². The molecule has 0 aliphatic carbocycles. The Bertz CT molecular complexity index is 125. The van der Waals surface area contributed by atoms with E-state index < -0.39 is 0 Å². The van der Waals surface area contributed by atoms with Gasteiger partial charge in [0, 0.05) is 6.42 Å². The molecule has 0 rings (SSSR count). The van der Waals surface area contributed by atoms with Gasteiger partial charge in [0.1, 0.15) is 5.78 Å². The molecular formula is C11H24OS. The number of thioether (sulfide) groups is 1. The zero-order valence-corrected chi connectivity index (χ0v) is 10.8. The summed E-state index contributed by atoms with van der Waals surface area (Å²) in [6, 6.07) is 0. The number of hydrogen-bond acceptors (Lipinski definition) is 2. The van der Waals surface area contributed by atoms with Gasteiger partial charge in [-0.1, -0.05) is 34.1 Å². The van der Waals surface area contributed by atoms with Crippen LogP contribution in [0.1, 0.15) is 47.5 Å². The Kier molecular flexibility index (Phi) is 10.3. The molecule has 0 fully saturated rings. The predicted molar refractivity (Wildman–Crippen MR) is 63.4 cm³/mol. The molecule has 0 saturated carbocycles. The van der Waals surface area contributed by atoms with E-state index in [0.29, 0.717) is 5.41 Å². The van der Waals surface area contributed by atoms with Gasteiger partial charge < -0.3 is 0 Å². The van der Waals surface area contributed by atoms with Gasteiger partial charge in [0.25, 0.3) is 0 Å². The van der Waals surface area contributed by atoms with Crippen LogP contribution in [0, 0.1) is 5.41 Å². The van der Waals surface area contributed by atoms with Crippen molar-refractivity contribution in [1.29, 1.82) is 0 Å². The van der Waals surface area contributed by atoms with Crippen LogP contribution in [-0.4, -0.2) is 17.8 Å². The lowest BCUT2D eigenvalue weighted by molar-refractivity contribution is -0.116. The Morgan fingerprint density at radius 1 is 1.31 bits per heavy atom. The van der Waals surface area contributed by atoms with E-state index in [1.165, 1.54) is 6.42 Å².